The normalized spacial score (nSPS) is 22.6. The number of ether oxygens (including phenoxy) is 1. The first-order chi connectivity index (χ1) is 11.0. The second-order valence-corrected chi connectivity index (χ2v) is 6.48. The molecule has 2 aliphatic rings. The third-order valence-corrected chi connectivity index (χ3v) is 4.73. The maximum atomic E-state index is 13.9. The van der Waals surface area contributed by atoms with Gasteiger partial charge in [-0.25, -0.2) is 8.78 Å². The van der Waals surface area contributed by atoms with Crippen molar-refractivity contribution in [2.45, 2.75) is 6.42 Å². The lowest BCUT2D eigenvalue weighted by Crippen LogP contribution is -2.50. The molecule has 7 heteroatoms. The van der Waals surface area contributed by atoms with Gasteiger partial charge in [0.2, 0.25) is 0 Å². The molecule has 0 bridgehead atoms. The van der Waals surface area contributed by atoms with Gasteiger partial charge in [0, 0.05) is 39.3 Å². The Balaban J connectivity index is 1.58. The van der Waals surface area contributed by atoms with Gasteiger partial charge in [-0.15, -0.1) is 0 Å². The van der Waals surface area contributed by atoms with E-state index in [1.54, 1.807) is 4.90 Å². The van der Waals surface area contributed by atoms with Gasteiger partial charge < -0.3 is 9.64 Å². The van der Waals surface area contributed by atoms with Crippen LogP contribution in [0.15, 0.2) is 12.1 Å². The molecule has 0 aromatic heterocycles. The lowest BCUT2D eigenvalue weighted by molar-refractivity contribution is 0.0606. The van der Waals surface area contributed by atoms with Crippen molar-refractivity contribution in [1.82, 2.24) is 9.80 Å². The van der Waals surface area contributed by atoms with Crippen LogP contribution in [0.3, 0.4) is 0 Å². The molecule has 126 valence electrons. The number of benzene rings is 1. The van der Waals surface area contributed by atoms with Gasteiger partial charge in [0.25, 0.3) is 5.91 Å². The number of carbonyl (C=O) groups is 1. The molecule has 1 aromatic rings. The predicted octanol–water partition coefficient (Wildman–Crippen LogP) is 2.41. The molecule has 2 saturated heterocycles. The molecule has 1 atom stereocenters. The molecule has 1 aromatic carbocycles. The molecule has 0 unspecified atom stereocenters. The smallest absolute Gasteiger partial charge is 0.257 e. The lowest BCUT2D eigenvalue weighted by Gasteiger charge is -2.35. The Morgan fingerprint density at radius 3 is 2.61 bits per heavy atom. The van der Waals surface area contributed by atoms with Gasteiger partial charge in [-0.05, 0) is 24.5 Å². The van der Waals surface area contributed by atoms with E-state index in [0.717, 1.165) is 51.4 Å². The molecule has 0 radical (unpaired) electrons. The van der Waals surface area contributed by atoms with Gasteiger partial charge in [0.15, 0.2) is 0 Å². The Hall–Kier alpha value is -1.24. The summed E-state index contributed by atoms with van der Waals surface area (Å²) < 4.78 is 32.7. The van der Waals surface area contributed by atoms with Gasteiger partial charge in [-0.2, -0.15) is 0 Å². The summed E-state index contributed by atoms with van der Waals surface area (Å²) in [6.07, 6.45) is 1.08. The highest BCUT2D eigenvalue weighted by Crippen LogP contribution is 2.21. The SMILES string of the molecule is O=C(c1cc(F)c(Cl)cc1F)N1CCN(C[C@H]2CCOC2)CC1. The second-order valence-electron chi connectivity index (χ2n) is 6.07. The highest BCUT2D eigenvalue weighted by molar-refractivity contribution is 6.30. The minimum atomic E-state index is -0.785. The van der Waals surface area contributed by atoms with E-state index in [2.05, 4.69) is 4.90 Å². The van der Waals surface area contributed by atoms with E-state index in [9.17, 15) is 13.6 Å². The first-order valence-electron chi connectivity index (χ1n) is 7.78. The predicted molar refractivity (Wildman–Crippen MR) is 82.6 cm³/mol. The summed E-state index contributed by atoms with van der Waals surface area (Å²) in [5, 5.41) is -0.317. The van der Waals surface area contributed by atoms with Crippen molar-refractivity contribution in [1.29, 1.82) is 0 Å². The largest absolute Gasteiger partial charge is 0.381 e. The molecule has 2 heterocycles. The van der Waals surface area contributed by atoms with Crippen LogP contribution in [0.25, 0.3) is 0 Å². The van der Waals surface area contributed by atoms with Crippen LogP contribution in [0.4, 0.5) is 8.78 Å². The molecular formula is C16H19ClF2N2O2. The van der Waals surface area contributed by atoms with E-state index >= 15 is 0 Å². The van der Waals surface area contributed by atoms with E-state index in [4.69, 9.17) is 16.3 Å². The number of halogens is 3. The molecule has 2 aliphatic heterocycles. The number of hydrogen-bond donors (Lipinski definition) is 0. The molecule has 1 amide bonds. The molecule has 4 nitrogen and oxygen atoms in total. The van der Waals surface area contributed by atoms with Crippen molar-refractivity contribution in [2.75, 3.05) is 45.9 Å². The highest BCUT2D eigenvalue weighted by atomic mass is 35.5. The van der Waals surface area contributed by atoms with E-state index in [0.29, 0.717) is 19.0 Å². The van der Waals surface area contributed by atoms with Crippen LogP contribution < -0.4 is 0 Å². The third kappa shape index (κ3) is 3.82. The van der Waals surface area contributed by atoms with Gasteiger partial charge in [-0.1, -0.05) is 11.6 Å². The fraction of sp³-hybridized carbons (Fsp3) is 0.562. The standard InChI is InChI=1S/C16H19ClF2N2O2/c17-13-8-14(18)12(7-15(13)19)16(22)21-4-2-20(3-5-21)9-11-1-6-23-10-11/h7-8,11H,1-6,9-10H2/t11-/m1/s1. The summed E-state index contributed by atoms with van der Waals surface area (Å²) in [6, 6.07) is 1.72. The minimum absolute atomic E-state index is 0.260. The third-order valence-electron chi connectivity index (χ3n) is 4.44. The summed E-state index contributed by atoms with van der Waals surface area (Å²) in [5.41, 5.74) is -0.260. The van der Waals surface area contributed by atoms with Crippen LogP contribution >= 0.6 is 11.6 Å². The Kier molecular flexibility index (Phi) is 5.14. The van der Waals surface area contributed by atoms with Gasteiger partial charge >= 0.3 is 0 Å². The van der Waals surface area contributed by atoms with Gasteiger partial charge in [-0.3, -0.25) is 9.69 Å². The molecule has 23 heavy (non-hydrogen) atoms. The number of carbonyl (C=O) groups excluding carboxylic acids is 1. The number of hydrogen-bond acceptors (Lipinski definition) is 3. The van der Waals surface area contributed by atoms with E-state index in [1.165, 1.54) is 0 Å². The molecule has 0 saturated carbocycles. The molecule has 0 aliphatic carbocycles. The van der Waals surface area contributed by atoms with Crippen LogP contribution in [-0.2, 0) is 4.74 Å². The summed E-state index contributed by atoms with van der Waals surface area (Å²) in [7, 11) is 0. The van der Waals surface area contributed by atoms with Gasteiger partial charge in [0.05, 0.1) is 17.2 Å². The molecular weight excluding hydrogens is 326 g/mol. The maximum Gasteiger partial charge on any atom is 0.257 e. The molecule has 3 rings (SSSR count). The number of piperazine rings is 1. The number of nitrogens with zero attached hydrogens (tertiary/aromatic N) is 2. The summed E-state index contributed by atoms with van der Waals surface area (Å²) in [6.45, 7) is 5.08. The van der Waals surface area contributed by atoms with E-state index < -0.39 is 17.5 Å². The van der Waals surface area contributed by atoms with Crippen molar-refractivity contribution in [2.24, 2.45) is 5.92 Å². The van der Waals surface area contributed by atoms with Crippen molar-refractivity contribution in [3.05, 3.63) is 34.4 Å². The van der Waals surface area contributed by atoms with Crippen LogP contribution in [0, 0.1) is 17.6 Å². The first-order valence-corrected chi connectivity index (χ1v) is 8.16. The summed E-state index contributed by atoms with van der Waals surface area (Å²) >= 11 is 5.52. The fourth-order valence-corrected chi connectivity index (χ4v) is 3.23. The fourth-order valence-electron chi connectivity index (χ4n) is 3.08. The summed E-state index contributed by atoms with van der Waals surface area (Å²) in [5.74, 6) is -1.50. The van der Waals surface area contributed by atoms with Crippen LogP contribution in [0.5, 0.6) is 0 Å². The van der Waals surface area contributed by atoms with E-state index in [1.807, 2.05) is 0 Å². The molecule has 0 N–H and O–H groups in total. The molecule has 2 fully saturated rings. The number of amides is 1. The van der Waals surface area contributed by atoms with Crippen molar-refractivity contribution in [3.8, 4) is 0 Å². The minimum Gasteiger partial charge on any atom is -0.381 e. The average molecular weight is 345 g/mol. The van der Waals surface area contributed by atoms with Crippen molar-refractivity contribution < 1.29 is 18.3 Å². The second kappa shape index (κ2) is 7.11. The summed E-state index contributed by atoms with van der Waals surface area (Å²) in [4.78, 5) is 16.2. The number of rotatable bonds is 3. The first kappa shape index (κ1) is 16.6. The zero-order valence-corrected chi connectivity index (χ0v) is 13.5. The molecule has 0 spiro atoms. The Labute approximate surface area is 138 Å². The highest BCUT2D eigenvalue weighted by Gasteiger charge is 2.27. The Morgan fingerprint density at radius 2 is 1.96 bits per heavy atom. The maximum absolute atomic E-state index is 13.9. The van der Waals surface area contributed by atoms with E-state index in [-0.39, 0.29) is 10.6 Å². The topological polar surface area (TPSA) is 32.8 Å². The average Bonchev–Trinajstić information content (AvgIpc) is 3.04. The lowest BCUT2D eigenvalue weighted by atomic mass is 10.1. The quantitative estimate of drug-likeness (QED) is 0.789. The Bertz CT molecular complexity index is 586. The monoisotopic (exact) mass is 344 g/mol. The van der Waals surface area contributed by atoms with Crippen molar-refractivity contribution in [3.63, 3.8) is 0 Å². The van der Waals surface area contributed by atoms with Crippen LogP contribution in [0.2, 0.25) is 5.02 Å². The van der Waals surface area contributed by atoms with Gasteiger partial charge in [0.1, 0.15) is 11.6 Å². The van der Waals surface area contributed by atoms with Crippen LogP contribution in [-0.4, -0.2) is 61.6 Å². The van der Waals surface area contributed by atoms with Crippen molar-refractivity contribution >= 4 is 17.5 Å². The van der Waals surface area contributed by atoms with Crippen LogP contribution in [0.1, 0.15) is 16.8 Å². The zero-order chi connectivity index (χ0) is 16.4. The Morgan fingerprint density at radius 1 is 1.22 bits per heavy atom. The zero-order valence-electron chi connectivity index (χ0n) is 12.7.